The Bertz CT molecular complexity index is 2980. The molecule has 0 aromatic heterocycles. The summed E-state index contributed by atoms with van der Waals surface area (Å²) in [5.74, 6) is -5.60. The third-order valence-electron chi connectivity index (χ3n) is 13.6. The minimum absolute atomic E-state index is 0.00555. The summed E-state index contributed by atoms with van der Waals surface area (Å²) >= 11 is 0. The van der Waals surface area contributed by atoms with Crippen molar-refractivity contribution in [3.8, 4) is 0 Å². The molecule has 3 aliphatic heterocycles. The van der Waals surface area contributed by atoms with Crippen molar-refractivity contribution in [3.63, 3.8) is 0 Å². The minimum atomic E-state index is -4.85. The predicted molar refractivity (Wildman–Crippen MR) is 268 cm³/mol. The van der Waals surface area contributed by atoms with Gasteiger partial charge in [-0.15, -0.1) is 0 Å². The number of fused-ring (bicyclic) bond motifs is 3. The molecule has 3 atom stereocenters. The van der Waals surface area contributed by atoms with Gasteiger partial charge in [-0.3, -0.25) is 48.6 Å². The Morgan fingerprint density at radius 3 is 2.15 bits per heavy atom. The molecule has 4 aromatic rings. The van der Waals surface area contributed by atoms with Crippen molar-refractivity contribution in [2.45, 2.75) is 82.3 Å². The van der Waals surface area contributed by atoms with Gasteiger partial charge in [0, 0.05) is 55.0 Å². The molecule has 2 fully saturated rings. The molecule has 0 saturated carbocycles. The lowest BCUT2D eigenvalue weighted by Gasteiger charge is -2.31. The number of piperidine rings is 1. The molecule has 78 heavy (non-hydrogen) atoms. The number of nitrogens with one attached hydrogen (secondary N) is 4. The zero-order chi connectivity index (χ0) is 55.7. The van der Waals surface area contributed by atoms with Crippen LogP contribution in [-0.4, -0.2) is 139 Å². The van der Waals surface area contributed by atoms with Crippen LogP contribution in [0.15, 0.2) is 84.9 Å². The highest BCUT2D eigenvalue weighted by atomic mass is 19.4. The van der Waals surface area contributed by atoms with Gasteiger partial charge in [0.05, 0.1) is 57.2 Å². The van der Waals surface area contributed by atoms with E-state index in [1.807, 2.05) is 0 Å². The van der Waals surface area contributed by atoms with Gasteiger partial charge in [-0.25, -0.2) is 14.1 Å². The molecule has 24 heteroatoms. The van der Waals surface area contributed by atoms with E-state index in [4.69, 9.17) is 18.9 Å². The highest BCUT2D eigenvalue weighted by Gasteiger charge is 2.59. The SMILES string of the molecule is C[C@H](N(Cc1ccc(F)cc1)C(=O)CN1C(=O)O[C@@]2(CCc3cc(NC(=O)CCc4ccc(NC(=O)CCOCCOCCOCCNc5cccc6c5C(=O)N(C5CCC(=O)NC5=O)C6=O)cc4)ccc32)C1=O)C(F)(F)F. The van der Waals surface area contributed by atoms with Crippen LogP contribution < -0.4 is 21.3 Å². The third-order valence-corrected chi connectivity index (χ3v) is 13.6. The molecule has 9 amide bonds. The van der Waals surface area contributed by atoms with Crippen molar-refractivity contribution in [3.05, 3.63) is 124 Å². The van der Waals surface area contributed by atoms with Gasteiger partial charge >= 0.3 is 12.3 Å². The summed E-state index contributed by atoms with van der Waals surface area (Å²) < 4.78 is 77.3. The normalized spacial score (nSPS) is 18.2. The molecule has 4 aromatic carbocycles. The number of rotatable bonds is 24. The maximum absolute atomic E-state index is 13.9. The smallest absolute Gasteiger partial charge is 0.418 e. The lowest BCUT2D eigenvalue weighted by atomic mass is 9.94. The fraction of sp³-hybridized carbons (Fsp3) is 0.389. The molecule has 3 heterocycles. The van der Waals surface area contributed by atoms with Crippen LogP contribution in [0.25, 0.3) is 0 Å². The highest BCUT2D eigenvalue weighted by molar-refractivity contribution is 6.25. The number of hydrogen-bond donors (Lipinski definition) is 4. The van der Waals surface area contributed by atoms with Gasteiger partial charge in [0.2, 0.25) is 35.1 Å². The van der Waals surface area contributed by atoms with Gasteiger partial charge in [0.1, 0.15) is 24.4 Å². The van der Waals surface area contributed by atoms with Gasteiger partial charge in [0.15, 0.2) is 0 Å². The summed E-state index contributed by atoms with van der Waals surface area (Å²) in [4.78, 5) is 118. The average Bonchev–Trinajstić information content (AvgIpc) is 4.13. The van der Waals surface area contributed by atoms with Crippen LogP contribution in [0.4, 0.5) is 39.4 Å². The van der Waals surface area contributed by atoms with Crippen LogP contribution in [0.1, 0.15) is 82.0 Å². The van der Waals surface area contributed by atoms with Crippen molar-refractivity contribution in [2.75, 3.05) is 68.7 Å². The van der Waals surface area contributed by atoms with E-state index in [2.05, 4.69) is 21.3 Å². The number of benzene rings is 4. The summed E-state index contributed by atoms with van der Waals surface area (Å²) in [6.45, 7) is 0.991. The molecule has 1 unspecified atom stereocenters. The van der Waals surface area contributed by atoms with Gasteiger partial charge in [-0.1, -0.05) is 36.4 Å². The number of halogens is 4. The second-order valence-electron chi connectivity index (χ2n) is 18.8. The first-order chi connectivity index (χ1) is 37.3. The number of amides is 9. The molecule has 0 radical (unpaired) electrons. The Hall–Kier alpha value is -8.09. The first-order valence-corrected chi connectivity index (χ1v) is 25.1. The lowest BCUT2D eigenvalue weighted by molar-refractivity contribution is -0.187. The number of hydrogen-bond acceptors (Lipinski definition) is 14. The number of imide groups is 3. The zero-order valence-electron chi connectivity index (χ0n) is 42.2. The van der Waals surface area contributed by atoms with Crippen LogP contribution in [-0.2, 0) is 72.7 Å². The molecule has 1 spiro atoms. The lowest BCUT2D eigenvalue weighted by Crippen LogP contribution is -2.54. The fourth-order valence-corrected chi connectivity index (χ4v) is 9.45. The molecule has 2 saturated heterocycles. The van der Waals surface area contributed by atoms with Crippen LogP contribution in [0, 0.1) is 5.82 Å². The van der Waals surface area contributed by atoms with E-state index >= 15 is 0 Å². The Morgan fingerprint density at radius 2 is 1.45 bits per heavy atom. The van der Waals surface area contributed by atoms with Crippen LogP contribution in [0.3, 0.4) is 0 Å². The van der Waals surface area contributed by atoms with E-state index in [0.29, 0.717) is 51.0 Å². The molecule has 4 aliphatic rings. The Morgan fingerprint density at radius 1 is 0.795 bits per heavy atom. The number of anilines is 3. The molecule has 1 aliphatic carbocycles. The number of alkyl halides is 3. The maximum atomic E-state index is 13.9. The first kappa shape index (κ1) is 56.1. The summed E-state index contributed by atoms with van der Waals surface area (Å²) in [6, 6.07) is 17.7. The Labute approximate surface area is 444 Å². The van der Waals surface area contributed by atoms with Crippen molar-refractivity contribution >= 4 is 70.4 Å². The summed E-state index contributed by atoms with van der Waals surface area (Å²) in [7, 11) is 0. The Balaban J connectivity index is 0.686. The number of aryl methyl sites for hydroxylation is 2. The van der Waals surface area contributed by atoms with Crippen LogP contribution in [0.2, 0.25) is 0 Å². The molecular weight excluding hydrogens is 1030 g/mol. The second kappa shape index (κ2) is 24.5. The second-order valence-corrected chi connectivity index (χ2v) is 18.8. The third kappa shape index (κ3) is 13.0. The monoisotopic (exact) mass is 1090 g/mol. The summed E-state index contributed by atoms with van der Waals surface area (Å²) in [5, 5.41) is 10.9. The summed E-state index contributed by atoms with van der Waals surface area (Å²) in [6.07, 6.45) is -5.12. The molecule has 20 nitrogen and oxygen atoms in total. The fourth-order valence-electron chi connectivity index (χ4n) is 9.45. The van der Waals surface area contributed by atoms with E-state index < -0.39 is 84.3 Å². The standard InChI is InChI=1S/C54H55F4N7O13/c1-32(54(56,57)58)63(30-34-5-10-36(55)11-6-34)46(69)31-64-51(73)53(78-52(64)74)21-19-35-29-38(14-15-40(35)53)61-43(66)17-9-33-7-12-37(13-8-33)60-45(68)20-23-75-25-27-77-28-26-76-24-22-59-41-4-2-3-39-47(41)50(72)65(49(39)71)42-16-18-44(67)62-48(42)70/h2-8,10-15,29,32,42,59H,9,16-28,30-31H2,1H3,(H,60,68)(H,61,66)(H,62,67,70)/t32-,42?,53+/m0/s1. The number of carbonyl (C=O) groups is 9. The predicted octanol–water partition coefficient (Wildman–Crippen LogP) is 5.39. The molecule has 4 N–H and O–H groups in total. The van der Waals surface area contributed by atoms with E-state index in [1.54, 1.807) is 42.5 Å². The minimum Gasteiger partial charge on any atom is -0.427 e. The van der Waals surface area contributed by atoms with E-state index in [1.165, 1.54) is 30.3 Å². The topological polar surface area (TPSA) is 248 Å². The molecular formula is C54H55F4N7O13. The van der Waals surface area contributed by atoms with Crippen LogP contribution in [0.5, 0.6) is 0 Å². The summed E-state index contributed by atoms with van der Waals surface area (Å²) in [5.41, 5.74) is 1.87. The Kier molecular flexibility index (Phi) is 17.6. The van der Waals surface area contributed by atoms with Gasteiger partial charge in [0.25, 0.3) is 17.7 Å². The number of nitrogens with zero attached hydrogens (tertiary/aromatic N) is 3. The number of ether oxygens (including phenoxy) is 4. The zero-order valence-corrected chi connectivity index (χ0v) is 42.2. The average molecular weight is 1090 g/mol. The first-order valence-electron chi connectivity index (χ1n) is 25.1. The van der Waals surface area contributed by atoms with Gasteiger partial charge < -0.3 is 39.8 Å². The largest absolute Gasteiger partial charge is 0.427 e. The molecule has 0 bridgehead atoms. The van der Waals surface area contributed by atoms with Crippen molar-refractivity contribution in [1.29, 1.82) is 0 Å². The van der Waals surface area contributed by atoms with Crippen molar-refractivity contribution < 1.29 is 79.7 Å². The van der Waals surface area contributed by atoms with E-state index in [9.17, 15) is 60.7 Å². The maximum Gasteiger partial charge on any atom is 0.418 e. The van der Waals surface area contributed by atoms with Gasteiger partial charge in [-0.05, 0) is 91.4 Å². The quantitative estimate of drug-likeness (QED) is 0.0391. The highest BCUT2D eigenvalue weighted by Crippen LogP contribution is 2.46. The van der Waals surface area contributed by atoms with Gasteiger partial charge in [-0.2, -0.15) is 13.2 Å². The van der Waals surface area contributed by atoms with E-state index in [0.717, 1.165) is 29.5 Å². The number of carbonyl (C=O) groups excluding carboxylic acids is 9. The molecule has 412 valence electrons. The van der Waals surface area contributed by atoms with Crippen LogP contribution >= 0.6 is 0 Å². The van der Waals surface area contributed by atoms with Crippen molar-refractivity contribution in [1.82, 2.24) is 20.0 Å². The van der Waals surface area contributed by atoms with Crippen molar-refractivity contribution in [2.24, 2.45) is 0 Å². The molecule has 8 rings (SSSR count). The van der Waals surface area contributed by atoms with E-state index in [-0.39, 0.29) is 107 Å².